The van der Waals surface area contributed by atoms with Gasteiger partial charge in [-0.2, -0.15) is 0 Å². The summed E-state index contributed by atoms with van der Waals surface area (Å²) in [6.07, 6.45) is 3.36. The van der Waals surface area contributed by atoms with Crippen molar-refractivity contribution in [3.8, 4) is 0 Å². The second-order valence-corrected chi connectivity index (χ2v) is 14.0. The van der Waals surface area contributed by atoms with Crippen molar-refractivity contribution in [3.05, 3.63) is 17.6 Å². The molecule has 1 aromatic heterocycles. The summed E-state index contributed by atoms with van der Waals surface area (Å²) >= 11 is 0. The lowest BCUT2D eigenvalue weighted by Gasteiger charge is -2.45. The Balaban J connectivity index is 1.97. The molecule has 11 heteroatoms. The molecule has 0 aromatic carbocycles. The molecule has 3 amide bonds. The van der Waals surface area contributed by atoms with Gasteiger partial charge in [-0.05, 0) is 46.0 Å². The minimum Gasteiger partial charge on any atom is -0.444 e. The summed E-state index contributed by atoms with van der Waals surface area (Å²) in [6.45, 7) is 19.3. The van der Waals surface area contributed by atoms with Crippen LogP contribution in [0.25, 0.3) is 0 Å². The molecule has 1 aromatic rings. The first-order valence-corrected chi connectivity index (χ1v) is 15.3. The number of piperidine rings is 1. The Hall–Kier alpha value is -2.95. The minimum atomic E-state index is -0.677. The lowest BCUT2D eigenvalue weighted by molar-refractivity contribution is -0.141. The highest BCUT2D eigenvalue weighted by atomic mass is 16.6. The number of nitrogens with zero attached hydrogens (tertiary/aromatic N) is 5. The van der Waals surface area contributed by atoms with Gasteiger partial charge in [-0.25, -0.2) is 14.8 Å². The van der Waals surface area contributed by atoms with Gasteiger partial charge in [-0.3, -0.25) is 9.59 Å². The number of carbonyl (C=O) groups excluding carboxylic acids is 3. The fraction of sp³-hybridized carbons (Fsp3) is 0.774. The summed E-state index contributed by atoms with van der Waals surface area (Å²) in [5.41, 5.74) is -0.602. The van der Waals surface area contributed by atoms with E-state index in [1.54, 1.807) is 18.2 Å². The Morgan fingerprint density at radius 3 is 2.33 bits per heavy atom. The predicted octanol–water partition coefficient (Wildman–Crippen LogP) is 4.18. The Bertz CT molecular complexity index is 1090. The molecule has 236 valence electrons. The molecule has 3 rings (SSSR count). The number of hydrogen-bond acceptors (Lipinski definition) is 8. The molecule has 0 spiro atoms. The van der Waals surface area contributed by atoms with Crippen LogP contribution in [0.2, 0.25) is 0 Å². The van der Waals surface area contributed by atoms with Crippen LogP contribution in [0, 0.1) is 11.8 Å². The zero-order valence-corrected chi connectivity index (χ0v) is 27.2. The second kappa shape index (κ2) is 14.0. The molecule has 2 atom stereocenters. The number of carbonyl (C=O) groups is 3. The predicted molar refractivity (Wildman–Crippen MR) is 162 cm³/mol. The molecule has 1 unspecified atom stereocenters. The average Bonchev–Trinajstić information content (AvgIpc) is 2.86. The number of nitrogens with one attached hydrogen (secondary N) is 1. The van der Waals surface area contributed by atoms with E-state index in [1.807, 2.05) is 51.3 Å². The van der Waals surface area contributed by atoms with Crippen molar-refractivity contribution in [3.63, 3.8) is 0 Å². The van der Waals surface area contributed by atoms with Crippen molar-refractivity contribution in [2.24, 2.45) is 11.8 Å². The lowest BCUT2D eigenvalue weighted by atomic mass is 9.90. The number of ether oxygens (including phenoxy) is 2. The third-order valence-electron chi connectivity index (χ3n) is 7.37. The Morgan fingerprint density at radius 2 is 1.79 bits per heavy atom. The van der Waals surface area contributed by atoms with Crippen molar-refractivity contribution in [2.45, 2.75) is 91.7 Å². The van der Waals surface area contributed by atoms with E-state index in [2.05, 4.69) is 24.1 Å². The molecule has 0 aliphatic carbocycles. The average molecular weight is 589 g/mol. The van der Waals surface area contributed by atoms with Crippen molar-refractivity contribution in [2.75, 3.05) is 58.3 Å². The number of likely N-dealkylation sites (tertiary alicyclic amines) is 2. The van der Waals surface area contributed by atoms with Gasteiger partial charge < -0.3 is 29.5 Å². The monoisotopic (exact) mass is 588 g/mol. The van der Waals surface area contributed by atoms with Crippen LogP contribution in [-0.4, -0.2) is 107 Å². The maximum Gasteiger partial charge on any atom is 0.410 e. The van der Waals surface area contributed by atoms with Gasteiger partial charge >= 0.3 is 6.09 Å². The first kappa shape index (κ1) is 33.6. The molecule has 42 heavy (non-hydrogen) atoms. The summed E-state index contributed by atoms with van der Waals surface area (Å²) in [4.78, 5) is 55.7. The first-order valence-electron chi connectivity index (χ1n) is 15.3. The van der Waals surface area contributed by atoms with E-state index in [-0.39, 0.29) is 42.3 Å². The zero-order valence-electron chi connectivity index (χ0n) is 27.2. The van der Waals surface area contributed by atoms with E-state index in [4.69, 9.17) is 14.5 Å². The smallest absolute Gasteiger partial charge is 0.410 e. The summed E-state index contributed by atoms with van der Waals surface area (Å²) in [7, 11) is 1.66. The molecular weight excluding hydrogens is 536 g/mol. The molecule has 0 saturated carbocycles. The maximum absolute atomic E-state index is 14.4. The van der Waals surface area contributed by atoms with Crippen LogP contribution in [0.1, 0.15) is 90.8 Å². The van der Waals surface area contributed by atoms with Gasteiger partial charge in [0.1, 0.15) is 22.8 Å². The molecule has 2 saturated heterocycles. The number of methoxy groups -OCH3 is 1. The van der Waals surface area contributed by atoms with Crippen molar-refractivity contribution in [1.29, 1.82) is 0 Å². The third-order valence-corrected chi connectivity index (χ3v) is 7.37. The van der Waals surface area contributed by atoms with Crippen LogP contribution in [-0.2, 0) is 19.7 Å². The number of rotatable bonds is 10. The van der Waals surface area contributed by atoms with Crippen LogP contribution in [0.4, 0.5) is 10.6 Å². The highest BCUT2D eigenvalue weighted by molar-refractivity contribution is 5.98. The van der Waals surface area contributed by atoms with Crippen molar-refractivity contribution >= 4 is 23.7 Å². The molecule has 3 heterocycles. The molecule has 2 aliphatic rings. The van der Waals surface area contributed by atoms with Gasteiger partial charge in [0.15, 0.2) is 0 Å². The fourth-order valence-electron chi connectivity index (χ4n) is 5.15. The molecule has 1 N–H and O–H groups in total. The summed E-state index contributed by atoms with van der Waals surface area (Å²) < 4.78 is 10.9. The molecule has 2 fully saturated rings. The van der Waals surface area contributed by atoms with E-state index in [1.165, 1.54) is 0 Å². The Labute approximate surface area is 251 Å². The summed E-state index contributed by atoms with van der Waals surface area (Å²) in [6, 6.07) is -0.375. The van der Waals surface area contributed by atoms with Gasteiger partial charge in [0, 0.05) is 64.6 Å². The summed E-state index contributed by atoms with van der Waals surface area (Å²) in [5.74, 6) is 0.684. The van der Waals surface area contributed by atoms with Crippen LogP contribution >= 0.6 is 0 Å². The topological polar surface area (TPSA) is 117 Å². The number of anilines is 1. The van der Waals surface area contributed by atoms with Gasteiger partial charge in [0.05, 0.1) is 12.0 Å². The van der Waals surface area contributed by atoms with Gasteiger partial charge in [-0.15, -0.1) is 0 Å². The van der Waals surface area contributed by atoms with Crippen molar-refractivity contribution in [1.82, 2.24) is 24.7 Å². The van der Waals surface area contributed by atoms with E-state index in [0.29, 0.717) is 43.3 Å². The second-order valence-electron chi connectivity index (χ2n) is 14.0. The Kier molecular flexibility index (Phi) is 11.2. The third kappa shape index (κ3) is 9.02. The largest absolute Gasteiger partial charge is 0.444 e. The highest BCUT2D eigenvalue weighted by Gasteiger charge is 2.42. The SMILES string of the molecule is COCCCNc1nc(C(C)(C)C)ncc1C(=O)N(CC(C)C)C1C[C@@H](C(=O)N2CCC2)CN(C(=O)OC(C)(C)C)C1. The first-order chi connectivity index (χ1) is 19.6. The van der Waals surface area contributed by atoms with Crippen molar-refractivity contribution < 1.29 is 23.9 Å². The van der Waals surface area contributed by atoms with Crippen LogP contribution < -0.4 is 5.32 Å². The summed E-state index contributed by atoms with van der Waals surface area (Å²) in [5, 5.41) is 3.34. The maximum atomic E-state index is 14.4. The fourth-order valence-corrected chi connectivity index (χ4v) is 5.15. The quantitative estimate of drug-likeness (QED) is 0.405. The standard InChI is InChI=1S/C31H52N6O5/c1-21(2)18-37(27(39)24-17-33-28(30(3,4)5)34-25(24)32-12-10-15-41-9)23-16-22(26(38)35-13-11-14-35)19-36(20-23)29(40)42-31(6,7)8/h17,21-23H,10-16,18-20H2,1-9H3,(H,32,33,34)/t22-,23?/m1/s1. The molecule has 11 nitrogen and oxygen atoms in total. The van der Waals surface area contributed by atoms with E-state index in [9.17, 15) is 14.4 Å². The van der Waals surface area contributed by atoms with E-state index in [0.717, 1.165) is 25.9 Å². The number of amides is 3. The molecule has 0 bridgehead atoms. The zero-order chi connectivity index (χ0) is 31.2. The lowest BCUT2D eigenvalue weighted by Crippen LogP contribution is -2.59. The Morgan fingerprint density at radius 1 is 1.10 bits per heavy atom. The van der Waals surface area contributed by atoms with Gasteiger partial charge in [0.2, 0.25) is 5.91 Å². The van der Waals surface area contributed by atoms with Crippen LogP contribution in [0.3, 0.4) is 0 Å². The van der Waals surface area contributed by atoms with Gasteiger partial charge in [0.25, 0.3) is 5.91 Å². The van der Waals surface area contributed by atoms with Crippen LogP contribution in [0.15, 0.2) is 6.20 Å². The molecular formula is C31H52N6O5. The normalized spacial score (nSPS) is 19.4. The molecule has 2 aliphatic heterocycles. The van der Waals surface area contributed by atoms with E-state index < -0.39 is 17.6 Å². The highest BCUT2D eigenvalue weighted by Crippen LogP contribution is 2.29. The molecule has 0 radical (unpaired) electrons. The van der Waals surface area contributed by atoms with E-state index >= 15 is 0 Å². The van der Waals surface area contributed by atoms with Crippen LogP contribution in [0.5, 0.6) is 0 Å². The number of hydrogen-bond donors (Lipinski definition) is 1. The number of aromatic nitrogens is 2. The minimum absolute atomic E-state index is 0.0369. The van der Waals surface area contributed by atoms with Gasteiger partial charge in [-0.1, -0.05) is 34.6 Å².